The van der Waals surface area contributed by atoms with Crippen molar-refractivity contribution in [3.63, 3.8) is 0 Å². The predicted molar refractivity (Wildman–Crippen MR) is 57.3 cm³/mol. The first-order valence-corrected chi connectivity index (χ1v) is 5.23. The standard InChI is InChI=1S/C12H12N2O/c1-8-2-5-11-13-12(9-3-4-9)10(7-15)14(11)6-8/h2,5-7,9H,3-4H2,1H3. The number of carbonyl (C=O) groups is 1. The number of pyridine rings is 1. The summed E-state index contributed by atoms with van der Waals surface area (Å²) in [5.74, 6) is 0.519. The zero-order valence-electron chi connectivity index (χ0n) is 8.60. The molecule has 76 valence electrons. The average molecular weight is 200 g/mol. The van der Waals surface area contributed by atoms with Crippen molar-refractivity contribution in [2.75, 3.05) is 0 Å². The molecule has 0 amide bonds. The second kappa shape index (κ2) is 2.92. The van der Waals surface area contributed by atoms with Crippen molar-refractivity contribution >= 4 is 11.9 Å². The Morgan fingerprint density at radius 3 is 2.93 bits per heavy atom. The van der Waals surface area contributed by atoms with Gasteiger partial charge in [0.05, 0.1) is 5.69 Å². The molecule has 1 saturated carbocycles. The van der Waals surface area contributed by atoms with Crippen LogP contribution in [-0.4, -0.2) is 15.7 Å². The highest BCUT2D eigenvalue weighted by Gasteiger charge is 2.29. The van der Waals surface area contributed by atoms with E-state index in [1.807, 2.05) is 29.7 Å². The van der Waals surface area contributed by atoms with Gasteiger partial charge in [-0.3, -0.25) is 9.20 Å². The van der Waals surface area contributed by atoms with Crippen LogP contribution in [0.15, 0.2) is 18.3 Å². The van der Waals surface area contributed by atoms with Crippen LogP contribution in [0.2, 0.25) is 0 Å². The lowest BCUT2D eigenvalue weighted by Crippen LogP contribution is -1.94. The smallest absolute Gasteiger partial charge is 0.168 e. The number of aldehydes is 1. The zero-order valence-corrected chi connectivity index (χ0v) is 8.60. The van der Waals surface area contributed by atoms with Gasteiger partial charge in [-0.15, -0.1) is 0 Å². The Labute approximate surface area is 87.7 Å². The molecule has 3 heteroatoms. The molecule has 2 heterocycles. The summed E-state index contributed by atoms with van der Waals surface area (Å²) in [7, 11) is 0. The lowest BCUT2D eigenvalue weighted by atomic mass is 10.2. The van der Waals surface area contributed by atoms with Gasteiger partial charge in [0.25, 0.3) is 0 Å². The van der Waals surface area contributed by atoms with Crippen LogP contribution in [0.25, 0.3) is 5.65 Å². The van der Waals surface area contributed by atoms with Crippen LogP contribution in [0.5, 0.6) is 0 Å². The molecule has 3 nitrogen and oxygen atoms in total. The molecule has 0 aromatic carbocycles. The molecule has 0 unspecified atom stereocenters. The van der Waals surface area contributed by atoms with Crippen LogP contribution < -0.4 is 0 Å². The van der Waals surface area contributed by atoms with Crippen LogP contribution in [0.3, 0.4) is 0 Å². The Morgan fingerprint density at radius 1 is 1.47 bits per heavy atom. The first-order valence-electron chi connectivity index (χ1n) is 5.23. The fourth-order valence-electron chi connectivity index (χ4n) is 1.96. The molecule has 2 aromatic rings. The number of rotatable bonds is 2. The molecule has 0 bridgehead atoms. The van der Waals surface area contributed by atoms with Crippen molar-refractivity contribution in [3.05, 3.63) is 35.3 Å². The van der Waals surface area contributed by atoms with Crippen molar-refractivity contribution in [1.29, 1.82) is 0 Å². The minimum Gasteiger partial charge on any atom is -0.297 e. The lowest BCUT2D eigenvalue weighted by Gasteiger charge is -1.97. The fourth-order valence-corrected chi connectivity index (χ4v) is 1.96. The highest BCUT2D eigenvalue weighted by atomic mass is 16.1. The van der Waals surface area contributed by atoms with Gasteiger partial charge in [0.2, 0.25) is 0 Å². The Bertz CT molecular complexity index is 538. The van der Waals surface area contributed by atoms with Gasteiger partial charge in [0, 0.05) is 12.1 Å². The summed E-state index contributed by atoms with van der Waals surface area (Å²) in [4.78, 5) is 15.6. The van der Waals surface area contributed by atoms with Gasteiger partial charge in [-0.1, -0.05) is 6.07 Å². The molecule has 1 aliphatic rings. The van der Waals surface area contributed by atoms with Crippen molar-refractivity contribution < 1.29 is 4.79 Å². The third kappa shape index (κ3) is 1.27. The van der Waals surface area contributed by atoms with Crippen molar-refractivity contribution in [1.82, 2.24) is 9.38 Å². The summed E-state index contributed by atoms with van der Waals surface area (Å²) < 4.78 is 1.90. The summed E-state index contributed by atoms with van der Waals surface area (Å²) in [6.45, 7) is 2.02. The number of carbonyl (C=O) groups excluding carboxylic acids is 1. The number of nitrogens with zero attached hydrogens (tertiary/aromatic N) is 2. The number of hydrogen-bond acceptors (Lipinski definition) is 2. The minimum atomic E-state index is 0.519. The van der Waals surface area contributed by atoms with Crippen LogP contribution in [0.1, 0.15) is 40.5 Å². The topological polar surface area (TPSA) is 34.4 Å². The maximum Gasteiger partial charge on any atom is 0.168 e. The summed E-state index contributed by atoms with van der Waals surface area (Å²) in [5.41, 5.74) is 3.74. The second-order valence-electron chi connectivity index (χ2n) is 4.21. The minimum absolute atomic E-state index is 0.519. The number of aromatic nitrogens is 2. The molecular weight excluding hydrogens is 188 g/mol. The molecule has 2 aromatic heterocycles. The first-order chi connectivity index (χ1) is 7.29. The van der Waals surface area contributed by atoms with Crippen LogP contribution in [-0.2, 0) is 0 Å². The van der Waals surface area contributed by atoms with Gasteiger partial charge in [-0.05, 0) is 31.4 Å². The Morgan fingerprint density at radius 2 is 2.27 bits per heavy atom. The first kappa shape index (κ1) is 8.65. The van der Waals surface area contributed by atoms with Gasteiger partial charge in [0.15, 0.2) is 6.29 Å². The molecule has 3 rings (SSSR count). The van der Waals surface area contributed by atoms with E-state index >= 15 is 0 Å². The molecule has 15 heavy (non-hydrogen) atoms. The molecule has 0 aliphatic heterocycles. The van der Waals surface area contributed by atoms with E-state index in [2.05, 4.69) is 4.98 Å². The van der Waals surface area contributed by atoms with E-state index in [0.717, 1.165) is 28.9 Å². The van der Waals surface area contributed by atoms with Crippen molar-refractivity contribution in [2.45, 2.75) is 25.7 Å². The zero-order chi connectivity index (χ0) is 10.4. The average Bonchev–Trinajstić information content (AvgIpc) is 3.00. The summed E-state index contributed by atoms with van der Waals surface area (Å²) >= 11 is 0. The molecule has 0 atom stereocenters. The normalized spacial score (nSPS) is 15.8. The van der Waals surface area contributed by atoms with Crippen molar-refractivity contribution in [2.24, 2.45) is 0 Å². The Hall–Kier alpha value is -1.64. The van der Waals surface area contributed by atoms with E-state index in [1.54, 1.807) is 0 Å². The SMILES string of the molecule is Cc1ccc2nc(C3CC3)c(C=O)n2c1. The van der Waals surface area contributed by atoms with E-state index in [0.29, 0.717) is 5.92 Å². The fraction of sp³-hybridized carbons (Fsp3) is 0.333. The van der Waals surface area contributed by atoms with Gasteiger partial charge in [-0.2, -0.15) is 0 Å². The summed E-state index contributed by atoms with van der Waals surface area (Å²) in [6.07, 6.45) is 5.23. The van der Waals surface area contributed by atoms with E-state index in [9.17, 15) is 4.79 Å². The largest absolute Gasteiger partial charge is 0.297 e. The lowest BCUT2D eigenvalue weighted by molar-refractivity contribution is 0.111. The number of imidazole rings is 1. The Balaban J connectivity index is 2.32. The van der Waals surface area contributed by atoms with Gasteiger partial charge >= 0.3 is 0 Å². The molecular formula is C12H12N2O. The molecule has 0 spiro atoms. The summed E-state index contributed by atoms with van der Waals surface area (Å²) in [6, 6.07) is 3.99. The van der Waals surface area contributed by atoms with Gasteiger partial charge in [0.1, 0.15) is 11.3 Å². The number of aryl methyl sites for hydroxylation is 1. The monoisotopic (exact) mass is 200 g/mol. The van der Waals surface area contributed by atoms with Gasteiger partial charge < -0.3 is 0 Å². The van der Waals surface area contributed by atoms with Gasteiger partial charge in [-0.25, -0.2) is 4.98 Å². The maximum absolute atomic E-state index is 11.1. The molecule has 1 aliphatic carbocycles. The van der Waals surface area contributed by atoms with Crippen molar-refractivity contribution in [3.8, 4) is 0 Å². The molecule has 0 N–H and O–H groups in total. The third-order valence-corrected chi connectivity index (χ3v) is 2.91. The highest BCUT2D eigenvalue weighted by molar-refractivity contribution is 5.77. The number of fused-ring (bicyclic) bond motifs is 1. The van der Waals surface area contributed by atoms with Crippen LogP contribution in [0, 0.1) is 6.92 Å². The molecule has 1 fully saturated rings. The second-order valence-corrected chi connectivity index (χ2v) is 4.21. The third-order valence-electron chi connectivity index (χ3n) is 2.91. The summed E-state index contributed by atoms with van der Waals surface area (Å²) in [5, 5.41) is 0. The quantitative estimate of drug-likeness (QED) is 0.697. The molecule has 0 saturated heterocycles. The van der Waals surface area contributed by atoms with Crippen LogP contribution in [0.4, 0.5) is 0 Å². The maximum atomic E-state index is 11.1. The predicted octanol–water partition coefficient (Wildman–Crippen LogP) is 2.33. The van der Waals surface area contributed by atoms with Crippen LogP contribution >= 0.6 is 0 Å². The van der Waals surface area contributed by atoms with E-state index in [4.69, 9.17) is 0 Å². The van der Waals surface area contributed by atoms with E-state index < -0.39 is 0 Å². The van der Waals surface area contributed by atoms with E-state index in [1.165, 1.54) is 12.8 Å². The Kier molecular flexibility index (Phi) is 1.69. The van der Waals surface area contributed by atoms with E-state index in [-0.39, 0.29) is 0 Å². The number of hydrogen-bond donors (Lipinski definition) is 0. The highest BCUT2D eigenvalue weighted by Crippen LogP contribution is 2.40. The molecule has 0 radical (unpaired) electrons.